The third-order valence-corrected chi connectivity index (χ3v) is 6.56. The summed E-state index contributed by atoms with van der Waals surface area (Å²) in [6.07, 6.45) is 2.94. The normalized spacial score (nSPS) is 16.8. The predicted octanol–water partition coefficient (Wildman–Crippen LogP) is 3.36. The molecule has 9 heteroatoms. The molecule has 2 heterocycles. The van der Waals surface area contributed by atoms with Crippen molar-refractivity contribution in [2.45, 2.75) is 12.6 Å². The SMILES string of the molecule is N=C(N)c1ccc(C=CN2c3ccccc3C(=O)N3c4ccccc4C(=O)N(CCC(=O)O)CC23)cc1. The summed E-state index contributed by atoms with van der Waals surface area (Å²) in [7, 11) is 0. The van der Waals surface area contributed by atoms with Crippen LogP contribution in [0.2, 0.25) is 0 Å². The summed E-state index contributed by atoms with van der Waals surface area (Å²) in [5.74, 6) is -1.56. The number of anilines is 2. The fourth-order valence-electron chi connectivity index (χ4n) is 4.73. The van der Waals surface area contributed by atoms with Crippen LogP contribution < -0.4 is 15.5 Å². The van der Waals surface area contributed by atoms with Gasteiger partial charge in [0.25, 0.3) is 11.8 Å². The number of carbonyl (C=O) groups is 3. The van der Waals surface area contributed by atoms with E-state index < -0.39 is 12.1 Å². The molecule has 4 N–H and O–H groups in total. The molecule has 2 amide bonds. The molecule has 3 aromatic rings. The second-order valence-electron chi connectivity index (χ2n) is 8.84. The van der Waals surface area contributed by atoms with E-state index in [0.717, 1.165) is 5.56 Å². The average Bonchev–Trinajstić information content (AvgIpc) is 3.02. The molecule has 186 valence electrons. The van der Waals surface area contributed by atoms with Crippen molar-refractivity contribution in [1.29, 1.82) is 5.41 Å². The van der Waals surface area contributed by atoms with E-state index in [2.05, 4.69) is 0 Å². The van der Waals surface area contributed by atoms with Crippen molar-refractivity contribution in [1.82, 2.24) is 4.90 Å². The molecule has 37 heavy (non-hydrogen) atoms. The zero-order valence-electron chi connectivity index (χ0n) is 19.9. The molecule has 2 aliphatic rings. The summed E-state index contributed by atoms with van der Waals surface area (Å²) in [5, 5.41) is 16.9. The molecule has 0 aromatic heterocycles. The minimum absolute atomic E-state index is 0.0158. The van der Waals surface area contributed by atoms with Crippen LogP contribution in [-0.2, 0) is 4.79 Å². The smallest absolute Gasteiger partial charge is 0.305 e. The van der Waals surface area contributed by atoms with Gasteiger partial charge >= 0.3 is 5.97 Å². The molecule has 0 fully saturated rings. The molecule has 0 aliphatic carbocycles. The lowest BCUT2D eigenvalue weighted by atomic mass is 10.0. The van der Waals surface area contributed by atoms with Gasteiger partial charge in [-0.25, -0.2) is 0 Å². The van der Waals surface area contributed by atoms with Gasteiger partial charge in [-0.1, -0.05) is 48.5 Å². The summed E-state index contributed by atoms with van der Waals surface area (Å²) in [4.78, 5) is 43.7. The predicted molar refractivity (Wildman–Crippen MR) is 141 cm³/mol. The molecule has 3 aromatic carbocycles. The third kappa shape index (κ3) is 4.42. The van der Waals surface area contributed by atoms with Gasteiger partial charge in [-0.2, -0.15) is 0 Å². The number of aliphatic carboxylic acids is 1. The highest BCUT2D eigenvalue weighted by molar-refractivity contribution is 6.16. The molecular weight excluding hydrogens is 470 g/mol. The number of amides is 2. The Morgan fingerprint density at radius 1 is 0.946 bits per heavy atom. The second kappa shape index (κ2) is 9.62. The molecule has 0 radical (unpaired) electrons. The summed E-state index contributed by atoms with van der Waals surface area (Å²) >= 11 is 0. The van der Waals surface area contributed by atoms with Crippen LogP contribution in [0.4, 0.5) is 11.4 Å². The van der Waals surface area contributed by atoms with Gasteiger partial charge in [0.1, 0.15) is 12.0 Å². The number of carboxylic acids is 1. The van der Waals surface area contributed by atoms with Gasteiger partial charge in [0.15, 0.2) is 0 Å². The number of carbonyl (C=O) groups excluding carboxylic acids is 2. The van der Waals surface area contributed by atoms with E-state index in [1.165, 1.54) is 4.90 Å². The highest BCUT2D eigenvalue weighted by Crippen LogP contribution is 2.38. The van der Waals surface area contributed by atoms with Gasteiger partial charge < -0.3 is 20.6 Å². The van der Waals surface area contributed by atoms with Crippen LogP contribution in [-0.4, -0.2) is 52.9 Å². The van der Waals surface area contributed by atoms with Gasteiger partial charge in [0.05, 0.1) is 35.5 Å². The number of nitrogen functional groups attached to an aromatic ring is 1. The Hall–Kier alpha value is -4.92. The van der Waals surface area contributed by atoms with Crippen LogP contribution >= 0.6 is 0 Å². The monoisotopic (exact) mass is 495 g/mol. The molecule has 5 rings (SSSR count). The summed E-state index contributed by atoms with van der Waals surface area (Å²) in [6, 6.07) is 21.4. The first kappa shape index (κ1) is 23.8. The van der Waals surface area contributed by atoms with Gasteiger partial charge in [-0.15, -0.1) is 0 Å². The van der Waals surface area contributed by atoms with Crippen LogP contribution in [0.1, 0.15) is 38.3 Å². The Morgan fingerprint density at radius 2 is 1.57 bits per heavy atom. The lowest BCUT2D eigenvalue weighted by Gasteiger charge is -2.44. The van der Waals surface area contributed by atoms with E-state index in [4.69, 9.17) is 11.1 Å². The van der Waals surface area contributed by atoms with E-state index in [0.29, 0.717) is 28.1 Å². The van der Waals surface area contributed by atoms with Gasteiger partial charge in [-0.3, -0.25) is 24.7 Å². The highest BCUT2D eigenvalue weighted by Gasteiger charge is 2.43. The number of nitrogens with one attached hydrogen (secondary N) is 1. The Kier molecular flexibility index (Phi) is 6.19. The maximum Gasteiger partial charge on any atom is 0.305 e. The topological polar surface area (TPSA) is 131 Å². The summed E-state index contributed by atoms with van der Waals surface area (Å²) in [5.41, 5.74) is 9.07. The zero-order chi connectivity index (χ0) is 26.1. The first-order valence-electron chi connectivity index (χ1n) is 11.8. The number of amidine groups is 1. The van der Waals surface area contributed by atoms with Crippen molar-refractivity contribution >= 4 is 41.1 Å². The van der Waals surface area contributed by atoms with Crippen molar-refractivity contribution in [3.63, 3.8) is 0 Å². The second-order valence-corrected chi connectivity index (χ2v) is 8.84. The Morgan fingerprint density at radius 3 is 2.22 bits per heavy atom. The van der Waals surface area contributed by atoms with Crippen LogP contribution in [0.3, 0.4) is 0 Å². The molecule has 0 saturated carbocycles. The van der Waals surface area contributed by atoms with Crippen LogP contribution in [0.25, 0.3) is 6.08 Å². The molecule has 0 spiro atoms. The summed E-state index contributed by atoms with van der Waals surface area (Å²) < 4.78 is 0. The number of benzene rings is 3. The number of nitrogens with two attached hydrogens (primary N) is 1. The van der Waals surface area contributed by atoms with Crippen molar-refractivity contribution in [2.75, 3.05) is 22.9 Å². The van der Waals surface area contributed by atoms with Gasteiger partial charge in [0.2, 0.25) is 0 Å². The standard InChI is InChI=1S/C28H25N5O4/c29-26(30)19-11-9-18(10-12-19)13-16-32-22-7-3-1-5-20(22)28(37)33-23-8-4-2-6-21(23)27(36)31(17-24(32)33)15-14-25(34)35/h1-13,16,24H,14-15,17H2,(H3,29,30)(H,34,35). The van der Waals surface area contributed by atoms with Gasteiger partial charge in [-0.05, 0) is 35.9 Å². The molecule has 9 nitrogen and oxygen atoms in total. The largest absolute Gasteiger partial charge is 0.481 e. The first-order valence-corrected chi connectivity index (χ1v) is 11.8. The zero-order valence-corrected chi connectivity index (χ0v) is 19.9. The Labute approximate surface area is 213 Å². The summed E-state index contributed by atoms with van der Waals surface area (Å²) in [6.45, 7) is 0.140. The number of para-hydroxylation sites is 2. The molecule has 2 aliphatic heterocycles. The van der Waals surface area contributed by atoms with Crippen molar-refractivity contribution in [3.8, 4) is 0 Å². The van der Waals surface area contributed by atoms with Crippen molar-refractivity contribution in [2.24, 2.45) is 5.73 Å². The minimum atomic E-state index is -1.00. The Bertz CT molecular complexity index is 1430. The van der Waals surface area contributed by atoms with Crippen LogP contribution in [0.15, 0.2) is 79.0 Å². The number of rotatable bonds is 6. The number of nitrogens with zero attached hydrogens (tertiary/aromatic N) is 3. The molecule has 1 unspecified atom stereocenters. The first-order chi connectivity index (χ1) is 17.8. The lowest BCUT2D eigenvalue weighted by molar-refractivity contribution is -0.137. The molecule has 1 atom stereocenters. The van der Waals surface area contributed by atoms with E-state index in [1.807, 2.05) is 41.4 Å². The van der Waals surface area contributed by atoms with E-state index >= 15 is 0 Å². The van der Waals surface area contributed by atoms with Crippen molar-refractivity contribution in [3.05, 3.63) is 101 Å². The maximum atomic E-state index is 13.8. The van der Waals surface area contributed by atoms with Gasteiger partial charge in [0, 0.05) is 18.3 Å². The molecular formula is C28H25N5O4. The number of hydrogen-bond acceptors (Lipinski definition) is 5. The molecule has 0 saturated heterocycles. The van der Waals surface area contributed by atoms with E-state index in [1.54, 1.807) is 53.4 Å². The average molecular weight is 496 g/mol. The Balaban J connectivity index is 1.62. The molecule has 0 bridgehead atoms. The highest BCUT2D eigenvalue weighted by atomic mass is 16.4. The van der Waals surface area contributed by atoms with E-state index in [9.17, 15) is 19.5 Å². The number of hydrogen-bond donors (Lipinski definition) is 3. The minimum Gasteiger partial charge on any atom is -0.481 e. The van der Waals surface area contributed by atoms with Crippen LogP contribution in [0.5, 0.6) is 0 Å². The quantitative estimate of drug-likeness (QED) is 0.355. The fourth-order valence-corrected chi connectivity index (χ4v) is 4.73. The maximum absolute atomic E-state index is 13.8. The fraction of sp³-hybridized carbons (Fsp3) is 0.143. The van der Waals surface area contributed by atoms with Crippen LogP contribution in [0, 0.1) is 5.41 Å². The van der Waals surface area contributed by atoms with E-state index in [-0.39, 0.29) is 37.2 Å². The number of fused-ring (bicyclic) bond motifs is 4. The third-order valence-electron chi connectivity index (χ3n) is 6.56. The lowest BCUT2D eigenvalue weighted by Crippen LogP contribution is -2.57. The van der Waals surface area contributed by atoms with Crippen molar-refractivity contribution < 1.29 is 19.5 Å². The number of carboxylic acid groups (broad SMARTS) is 1.